The van der Waals surface area contributed by atoms with Crippen LogP contribution in [-0.4, -0.2) is 45.2 Å². The highest BCUT2D eigenvalue weighted by molar-refractivity contribution is 9.11. The van der Waals surface area contributed by atoms with Crippen molar-refractivity contribution in [1.82, 2.24) is 10.2 Å². The fraction of sp³-hybridized carbons (Fsp3) is 0.412. The van der Waals surface area contributed by atoms with E-state index >= 15 is 0 Å². The van der Waals surface area contributed by atoms with Crippen molar-refractivity contribution >= 4 is 33.0 Å². The molecule has 0 saturated carbocycles. The molecule has 0 amide bonds. The summed E-state index contributed by atoms with van der Waals surface area (Å²) in [5.41, 5.74) is 2.62. The summed E-state index contributed by atoms with van der Waals surface area (Å²) < 4.78 is 1.20. The quantitative estimate of drug-likeness (QED) is 0.875. The fourth-order valence-corrected chi connectivity index (χ4v) is 4.51. The maximum absolute atomic E-state index is 3.61. The second-order valence-corrected chi connectivity index (χ2v) is 8.31. The van der Waals surface area contributed by atoms with E-state index in [9.17, 15) is 0 Å². The van der Waals surface area contributed by atoms with Crippen LogP contribution in [0.2, 0.25) is 0 Å². The standard InChI is InChI=1S/C17H22BrN3S/c1-20(2)14-5-3-13(4-6-14)17(15-7-8-16(18)22-15)21-11-9-19-10-12-21/h3-8,17,19H,9-12H2,1-2H3. The molecule has 0 radical (unpaired) electrons. The summed E-state index contributed by atoms with van der Waals surface area (Å²) >= 11 is 5.45. The third-order valence-electron chi connectivity index (χ3n) is 4.11. The van der Waals surface area contributed by atoms with Gasteiger partial charge in [-0.15, -0.1) is 11.3 Å². The highest BCUT2D eigenvalue weighted by atomic mass is 79.9. The zero-order chi connectivity index (χ0) is 15.5. The average molecular weight is 380 g/mol. The maximum atomic E-state index is 3.61. The van der Waals surface area contributed by atoms with Crippen molar-refractivity contribution in [2.24, 2.45) is 0 Å². The van der Waals surface area contributed by atoms with E-state index in [0.29, 0.717) is 6.04 Å². The monoisotopic (exact) mass is 379 g/mol. The Morgan fingerprint density at radius 3 is 2.32 bits per heavy atom. The van der Waals surface area contributed by atoms with Crippen LogP contribution in [0.25, 0.3) is 0 Å². The lowest BCUT2D eigenvalue weighted by atomic mass is 10.0. The van der Waals surface area contributed by atoms with Gasteiger partial charge in [0.05, 0.1) is 9.83 Å². The van der Waals surface area contributed by atoms with Crippen molar-refractivity contribution in [3.63, 3.8) is 0 Å². The molecule has 0 spiro atoms. The molecule has 1 aliphatic heterocycles. The van der Waals surface area contributed by atoms with Gasteiger partial charge in [-0.2, -0.15) is 0 Å². The van der Waals surface area contributed by atoms with Gasteiger partial charge in [-0.3, -0.25) is 4.90 Å². The summed E-state index contributed by atoms with van der Waals surface area (Å²) in [6, 6.07) is 13.7. The first-order valence-corrected chi connectivity index (χ1v) is 9.23. The molecule has 1 atom stereocenters. The van der Waals surface area contributed by atoms with Gasteiger partial charge in [0.15, 0.2) is 0 Å². The Balaban J connectivity index is 1.93. The number of benzene rings is 1. The summed E-state index contributed by atoms with van der Waals surface area (Å²) in [6.45, 7) is 4.32. The molecule has 3 rings (SSSR count). The van der Waals surface area contributed by atoms with Gasteiger partial charge < -0.3 is 10.2 Å². The van der Waals surface area contributed by atoms with Gasteiger partial charge in [0.1, 0.15) is 0 Å². The predicted molar refractivity (Wildman–Crippen MR) is 99.1 cm³/mol. The number of rotatable bonds is 4. The molecule has 5 heteroatoms. The van der Waals surface area contributed by atoms with E-state index in [4.69, 9.17) is 0 Å². The number of hydrogen-bond donors (Lipinski definition) is 1. The molecule has 2 heterocycles. The van der Waals surface area contributed by atoms with Crippen molar-refractivity contribution < 1.29 is 0 Å². The SMILES string of the molecule is CN(C)c1ccc(C(c2ccc(Br)s2)N2CCNCC2)cc1. The first kappa shape index (κ1) is 16.0. The Hall–Kier alpha value is -0.880. The minimum Gasteiger partial charge on any atom is -0.378 e. The Kier molecular flexibility index (Phi) is 5.18. The third-order valence-corrected chi connectivity index (χ3v) is 5.78. The first-order chi connectivity index (χ1) is 10.6. The van der Waals surface area contributed by atoms with Crippen LogP contribution in [0.5, 0.6) is 0 Å². The number of piperazine rings is 1. The van der Waals surface area contributed by atoms with Crippen LogP contribution in [0.4, 0.5) is 5.69 Å². The first-order valence-electron chi connectivity index (χ1n) is 7.62. The molecule has 0 aliphatic carbocycles. The minimum absolute atomic E-state index is 0.356. The smallest absolute Gasteiger partial charge is 0.0702 e. The molecule has 1 aromatic heterocycles. The number of thiophene rings is 1. The van der Waals surface area contributed by atoms with Crippen LogP contribution in [0, 0.1) is 0 Å². The summed E-state index contributed by atoms with van der Waals surface area (Å²) in [6.07, 6.45) is 0. The maximum Gasteiger partial charge on any atom is 0.0702 e. The van der Waals surface area contributed by atoms with Crippen molar-refractivity contribution in [2.75, 3.05) is 45.2 Å². The zero-order valence-corrected chi connectivity index (χ0v) is 15.5. The van der Waals surface area contributed by atoms with Crippen LogP contribution in [0.3, 0.4) is 0 Å². The summed E-state index contributed by atoms with van der Waals surface area (Å²) in [4.78, 5) is 6.14. The summed E-state index contributed by atoms with van der Waals surface area (Å²) in [5.74, 6) is 0. The Morgan fingerprint density at radius 1 is 1.09 bits per heavy atom. The van der Waals surface area contributed by atoms with Crippen LogP contribution < -0.4 is 10.2 Å². The van der Waals surface area contributed by atoms with E-state index in [2.05, 4.69) is 81.5 Å². The number of halogens is 1. The number of nitrogens with zero attached hydrogens (tertiary/aromatic N) is 2. The van der Waals surface area contributed by atoms with Crippen molar-refractivity contribution in [3.8, 4) is 0 Å². The van der Waals surface area contributed by atoms with Crippen LogP contribution >= 0.6 is 27.3 Å². The Labute approximate surface area is 145 Å². The van der Waals surface area contributed by atoms with Gasteiger partial charge >= 0.3 is 0 Å². The number of anilines is 1. The molecule has 22 heavy (non-hydrogen) atoms. The third kappa shape index (κ3) is 3.54. The molecule has 1 fully saturated rings. The van der Waals surface area contributed by atoms with E-state index in [0.717, 1.165) is 26.2 Å². The molecular weight excluding hydrogens is 358 g/mol. The van der Waals surface area contributed by atoms with E-state index < -0.39 is 0 Å². The normalized spacial score (nSPS) is 17.4. The average Bonchev–Trinajstić information content (AvgIpc) is 2.95. The molecule has 3 nitrogen and oxygen atoms in total. The van der Waals surface area contributed by atoms with Gasteiger partial charge in [0.2, 0.25) is 0 Å². The van der Waals surface area contributed by atoms with Crippen molar-refractivity contribution in [2.45, 2.75) is 6.04 Å². The fourth-order valence-electron chi connectivity index (χ4n) is 2.93. The second-order valence-electron chi connectivity index (χ2n) is 5.82. The molecule has 0 bridgehead atoms. The zero-order valence-electron chi connectivity index (χ0n) is 13.1. The highest BCUT2D eigenvalue weighted by Gasteiger charge is 2.25. The lowest BCUT2D eigenvalue weighted by Crippen LogP contribution is -2.45. The van der Waals surface area contributed by atoms with E-state index in [-0.39, 0.29) is 0 Å². The van der Waals surface area contributed by atoms with E-state index in [1.807, 2.05) is 11.3 Å². The topological polar surface area (TPSA) is 18.5 Å². The van der Waals surface area contributed by atoms with Gasteiger partial charge in [0, 0.05) is 50.8 Å². The summed E-state index contributed by atoms with van der Waals surface area (Å²) in [7, 11) is 4.17. The number of nitrogens with one attached hydrogen (secondary N) is 1. The lowest BCUT2D eigenvalue weighted by molar-refractivity contribution is 0.200. The van der Waals surface area contributed by atoms with Gasteiger partial charge in [-0.1, -0.05) is 12.1 Å². The van der Waals surface area contributed by atoms with Gasteiger partial charge in [-0.05, 0) is 45.8 Å². The molecule has 2 aromatic rings. The molecule has 1 saturated heterocycles. The van der Waals surface area contributed by atoms with Crippen molar-refractivity contribution in [1.29, 1.82) is 0 Å². The summed E-state index contributed by atoms with van der Waals surface area (Å²) in [5, 5.41) is 3.45. The molecule has 1 unspecified atom stereocenters. The molecule has 1 N–H and O–H groups in total. The van der Waals surface area contributed by atoms with Crippen LogP contribution in [0.1, 0.15) is 16.5 Å². The van der Waals surface area contributed by atoms with Gasteiger partial charge in [0.25, 0.3) is 0 Å². The largest absolute Gasteiger partial charge is 0.378 e. The second kappa shape index (κ2) is 7.13. The molecule has 1 aliphatic rings. The highest BCUT2D eigenvalue weighted by Crippen LogP contribution is 2.36. The lowest BCUT2D eigenvalue weighted by Gasteiger charge is -2.35. The Bertz CT molecular complexity index is 603. The van der Waals surface area contributed by atoms with Gasteiger partial charge in [-0.25, -0.2) is 0 Å². The molecule has 1 aromatic carbocycles. The molecule has 118 valence electrons. The van der Waals surface area contributed by atoms with E-state index in [1.54, 1.807) is 0 Å². The Morgan fingerprint density at radius 2 is 1.77 bits per heavy atom. The minimum atomic E-state index is 0.356. The van der Waals surface area contributed by atoms with Crippen LogP contribution in [-0.2, 0) is 0 Å². The van der Waals surface area contributed by atoms with Crippen molar-refractivity contribution in [3.05, 3.63) is 50.6 Å². The van der Waals surface area contributed by atoms with Crippen LogP contribution in [0.15, 0.2) is 40.2 Å². The molecular formula is C17H22BrN3S. The van der Waals surface area contributed by atoms with E-state index in [1.165, 1.54) is 19.9 Å². The number of hydrogen-bond acceptors (Lipinski definition) is 4. The predicted octanol–water partition coefficient (Wildman–Crippen LogP) is 3.57.